The van der Waals surface area contributed by atoms with Crippen molar-refractivity contribution < 1.29 is 27.6 Å². The molecule has 2 aromatic rings. The van der Waals surface area contributed by atoms with Gasteiger partial charge in [-0.1, -0.05) is 35.9 Å². The van der Waals surface area contributed by atoms with Gasteiger partial charge in [0.1, 0.15) is 0 Å². The first-order valence-corrected chi connectivity index (χ1v) is 7.83. The van der Waals surface area contributed by atoms with Gasteiger partial charge in [0.15, 0.2) is 0 Å². The van der Waals surface area contributed by atoms with Gasteiger partial charge in [0.2, 0.25) is 0 Å². The molecule has 0 radical (unpaired) electrons. The number of anilines is 1. The second kappa shape index (κ2) is 6.42. The highest BCUT2D eigenvalue weighted by atomic mass is 19.4. The maximum Gasteiger partial charge on any atom is 0.440 e. The number of imide groups is 1. The van der Waals surface area contributed by atoms with Crippen LogP contribution in [0, 0.1) is 6.92 Å². The smallest absolute Gasteiger partial charge is 0.314 e. The van der Waals surface area contributed by atoms with Crippen LogP contribution in [0.15, 0.2) is 54.6 Å². The lowest BCUT2D eigenvalue weighted by atomic mass is 10.1. The molecule has 0 aliphatic carbocycles. The van der Waals surface area contributed by atoms with E-state index in [-0.39, 0.29) is 11.3 Å². The second-order valence-corrected chi connectivity index (χ2v) is 5.97. The molecule has 4 amide bonds. The third kappa shape index (κ3) is 3.12. The van der Waals surface area contributed by atoms with Gasteiger partial charge in [0.05, 0.1) is 5.69 Å². The van der Waals surface area contributed by atoms with Crippen LogP contribution in [0.5, 0.6) is 0 Å². The number of carbonyl (C=O) groups excluding carboxylic acids is 3. The van der Waals surface area contributed by atoms with Gasteiger partial charge in [-0.2, -0.15) is 13.2 Å². The molecule has 0 spiro atoms. The lowest BCUT2D eigenvalue weighted by molar-refractivity contribution is -0.197. The van der Waals surface area contributed by atoms with Crippen molar-refractivity contribution in [2.24, 2.45) is 0 Å². The van der Waals surface area contributed by atoms with Crippen LogP contribution in [0.25, 0.3) is 0 Å². The minimum atomic E-state index is -5.26. The number of carbonyl (C=O) groups is 3. The zero-order valence-corrected chi connectivity index (χ0v) is 14.0. The summed E-state index contributed by atoms with van der Waals surface area (Å²) in [5.74, 6) is -2.78. The summed E-state index contributed by atoms with van der Waals surface area (Å²) in [7, 11) is 0. The number of benzene rings is 2. The Kier molecular flexibility index (Phi) is 4.38. The van der Waals surface area contributed by atoms with E-state index in [0.717, 1.165) is 5.56 Å². The quantitative estimate of drug-likeness (QED) is 0.808. The molecule has 0 aromatic heterocycles. The molecule has 1 fully saturated rings. The van der Waals surface area contributed by atoms with Crippen molar-refractivity contribution in [3.63, 3.8) is 0 Å². The lowest BCUT2D eigenvalue weighted by Gasteiger charge is -2.29. The molecular weight excluding hydrogens is 363 g/mol. The summed E-state index contributed by atoms with van der Waals surface area (Å²) in [4.78, 5) is 37.5. The normalized spacial score (nSPS) is 19.8. The Labute approximate surface area is 152 Å². The van der Waals surface area contributed by atoms with E-state index in [2.05, 4.69) is 0 Å². The van der Waals surface area contributed by atoms with Gasteiger partial charge < -0.3 is 5.32 Å². The average molecular weight is 377 g/mol. The Hall–Kier alpha value is -3.36. The van der Waals surface area contributed by atoms with Crippen molar-refractivity contribution in [3.8, 4) is 0 Å². The highest BCUT2D eigenvalue weighted by Gasteiger charge is 2.69. The van der Waals surface area contributed by atoms with E-state index in [0.29, 0.717) is 4.90 Å². The number of rotatable bonds is 3. The Balaban J connectivity index is 2.00. The van der Waals surface area contributed by atoms with Crippen molar-refractivity contribution in [1.29, 1.82) is 0 Å². The second-order valence-electron chi connectivity index (χ2n) is 5.97. The van der Waals surface area contributed by atoms with Gasteiger partial charge >= 0.3 is 12.2 Å². The van der Waals surface area contributed by atoms with Crippen molar-refractivity contribution >= 4 is 23.5 Å². The maximum atomic E-state index is 13.8. The van der Waals surface area contributed by atoms with Gasteiger partial charge in [0.25, 0.3) is 17.5 Å². The van der Waals surface area contributed by atoms with E-state index in [1.165, 1.54) is 36.4 Å². The summed E-state index contributed by atoms with van der Waals surface area (Å²) in [6.45, 7) is 1.75. The molecule has 1 atom stereocenters. The van der Waals surface area contributed by atoms with Crippen LogP contribution in [0.2, 0.25) is 0 Å². The van der Waals surface area contributed by atoms with E-state index in [9.17, 15) is 27.6 Å². The third-order valence-corrected chi connectivity index (χ3v) is 4.08. The molecule has 1 aliphatic heterocycles. The van der Waals surface area contributed by atoms with Gasteiger partial charge in [-0.3, -0.25) is 14.9 Å². The number of hydrogen-bond acceptors (Lipinski definition) is 3. The summed E-state index contributed by atoms with van der Waals surface area (Å²) >= 11 is 0. The molecule has 1 unspecified atom stereocenters. The largest absolute Gasteiger partial charge is 0.440 e. The Morgan fingerprint density at radius 3 is 2.19 bits per heavy atom. The summed E-state index contributed by atoms with van der Waals surface area (Å²) in [5.41, 5.74) is -2.88. The van der Waals surface area contributed by atoms with E-state index in [1.807, 2.05) is 0 Å². The highest BCUT2D eigenvalue weighted by Crippen LogP contribution is 2.36. The molecule has 27 heavy (non-hydrogen) atoms. The van der Waals surface area contributed by atoms with Crippen molar-refractivity contribution in [3.05, 3.63) is 65.7 Å². The minimum absolute atomic E-state index is 0.0387. The first-order chi connectivity index (χ1) is 12.7. The average Bonchev–Trinajstić information content (AvgIpc) is 2.87. The molecule has 6 nitrogen and oxygen atoms in total. The van der Waals surface area contributed by atoms with Gasteiger partial charge in [-0.05, 0) is 31.2 Å². The molecule has 140 valence electrons. The van der Waals surface area contributed by atoms with Crippen molar-refractivity contribution in [2.75, 3.05) is 4.90 Å². The number of nitrogens with zero attached hydrogens (tertiary/aromatic N) is 1. The molecule has 9 heteroatoms. The van der Waals surface area contributed by atoms with Gasteiger partial charge in [-0.25, -0.2) is 9.69 Å². The monoisotopic (exact) mass is 377 g/mol. The topological polar surface area (TPSA) is 78.5 Å². The Morgan fingerprint density at radius 1 is 1.04 bits per heavy atom. The number of hydrogen-bond donors (Lipinski definition) is 2. The standard InChI is InChI=1S/C18H14F3N3O3/c1-11-7-9-13(10-8-11)24-15(26)17(18(19,20)21,23-16(24)27)22-14(25)12-5-3-2-4-6-12/h2-10H,1H3,(H,22,25)(H,23,27). The van der Waals surface area contributed by atoms with E-state index < -0.39 is 29.7 Å². The fraction of sp³-hybridized carbons (Fsp3) is 0.167. The van der Waals surface area contributed by atoms with E-state index in [1.54, 1.807) is 35.8 Å². The van der Waals surface area contributed by atoms with Crippen LogP contribution < -0.4 is 15.5 Å². The van der Waals surface area contributed by atoms with Crippen LogP contribution in [0.1, 0.15) is 15.9 Å². The summed E-state index contributed by atoms with van der Waals surface area (Å²) in [5, 5.41) is 3.25. The van der Waals surface area contributed by atoms with Crippen LogP contribution in [-0.4, -0.2) is 29.7 Å². The fourth-order valence-electron chi connectivity index (χ4n) is 2.64. The van der Waals surface area contributed by atoms with Crippen LogP contribution in [0.3, 0.4) is 0 Å². The van der Waals surface area contributed by atoms with E-state index in [4.69, 9.17) is 0 Å². The number of halogens is 3. The minimum Gasteiger partial charge on any atom is -0.314 e. The van der Waals surface area contributed by atoms with Gasteiger partial charge in [0, 0.05) is 5.56 Å². The van der Waals surface area contributed by atoms with E-state index >= 15 is 0 Å². The summed E-state index contributed by atoms with van der Waals surface area (Å²) in [6.07, 6.45) is -5.26. The summed E-state index contributed by atoms with van der Waals surface area (Å²) in [6, 6.07) is 11.6. The number of urea groups is 1. The molecular formula is C18H14F3N3O3. The highest BCUT2D eigenvalue weighted by molar-refractivity contribution is 6.24. The van der Waals surface area contributed by atoms with Crippen molar-refractivity contribution in [2.45, 2.75) is 18.8 Å². The predicted molar refractivity (Wildman–Crippen MR) is 89.9 cm³/mol. The van der Waals surface area contributed by atoms with Crippen molar-refractivity contribution in [1.82, 2.24) is 10.6 Å². The number of aryl methyl sites for hydroxylation is 1. The zero-order chi connectivity index (χ0) is 19.8. The van der Waals surface area contributed by atoms with Crippen LogP contribution >= 0.6 is 0 Å². The zero-order valence-electron chi connectivity index (χ0n) is 14.0. The fourth-order valence-corrected chi connectivity index (χ4v) is 2.64. The molecule has 1 saturated heterocycles. The molecule has 2 aromatic carbocycles. The Morgan fingerprint density at radius 2 is 1.63 bits per heavy atom. The maximum absolute atomic E-state index is 13.8. The number of amides is 4. The molecule has 0 saturated carbocycles. The molecule has 2 N–H and O–H groups in total. The third-order valence-electron chi connectivity index (χ3n) is 4.08. The van der Waals surface area contributed by atoms with Gasteiger partial charge in [-0.15, -0.1) is 0 Å². The number of nitrogens with one attached hydrogen (secondary N) is 2. The Bertz CT molecular complexity index is 898. The first-order valence-electron chi connectivity index (χ1n) is 7.83. The van der Waals surface area contributed by atoms with Crippen LogP contribution in [0.4, 0.5) is 23.7 Å². The summed E-state index contributed by atoms with van der Waals surface area (Å²) < 4.78 is 41.4. The molecule has 1 heterocycles. The first kappa shape index (κ1) is 18.4. The molecule has 3 rings (SSSR count). The lowest BCUT2D eigenvalue weighted by Crippen LogP contribution is -2.69. The number of alkyl halides is 3. The van der Waals surface area contributed by atoms with Crippen LogP contribution in [-0.2, 0) is 4.79 Å². The molecule has 0 bridgehead atoms. The SMILES string of the molecule is Cc1ccc(N2C(=O)NC(NC(=O)c3ccccc3)(C(F)(F)F)C2=O)cc1. The molecule has 1 aliphatic rings. The predicted octanol–water partition coefficient (Wildman–Crippen LogP) is 2.74.